The summed E-state index contributed by atoms with van der Waals surface area (Å²) in [6.07, 6.45) is 3.17. The van der Waals surface area contributed by atoms with E-state index in [1.54, 1.807) is 17.9 Å². The zero-order valence-electron chi connectivity index (χ0n) is 23.8. The van der Waals surface area contributed by atoms with Crippen molar-refractivity contribution in [2.75, 3.05) is 34.8 Å². The third kappa shape index (κ3) is 5.68. The van der Waals surface area contributed by atoms with Crippen molar-refractivity contribution in [2.24, 2.45) is 11.8 Å². The summed E-state index contributed by atoms with van der Waals surface area (Å²) in [5.74, 6) is 0.877. The number of carbonyl (C=O) groups is 2. The number of nitrogens with one attached hydrogen (secondary N) is 1. The Balaban J connectivity index is 1.45. The Morgan fingerprint density at radius 1 is 1.10 bits per heavy atom. The van der Waals surface area contributed by atoms with E-state index in [9.17, 15) is 14.0 Å². The van der Waals surface area contributed by atoms with Gasteiger partial charge in [-0.1, -0.05) is 6.92 Å². The summed E-state index contributed by atoms with van der Waals surface area (Å²) in [6.45, 7) is 13.4. The molecule has 0 unspecified atom stereocenters. The van der Waals surface area contributed by atoms with Gasteiger partial charge in [-0.2, -0.15) is 0 Å². The summed E-state index contributed by atoms with van der Waals surface area (Å²) >= 11 is 0. The van der Waals surface area contributed by atoms with Crippen LogP contribution < -0.4 is 15.1 Å². The molecule has 210 valence electrons. The molecule has 4 atom stereocenters. The van der Waals surface area contributed by atoms with Crippen molar-refractivity contribution in [3.05, 3.63) is 47.9 Å². The monoisotopic (exact) mass is 537 g/mol. The fraction of sp³-hybridized carbons (Fsp3) is 0.567. The van der Waals surface area contributed by atoms with Crippen molar-refractivity contribution < 1.29 is 18.7 Å². The zero-order valence-corrected chi connectivity index (χ0v) is 23.8. The third-order valence-electron chi connectivity index (χ3n) is 8.06. The number of halogens is 1. The number of nitrogens with zero attached hydrogens (tertiary/aromatic N) is 4. The minimum absolute atomic E-state index is 0.0196. The van der Waals surface area contributed by atoms with Gasteiger partial charge in [0.1, 0.15) is 17.2 Å². The second-order valence-corrected chi connectivity index (χ2v) is 12.3. The first-order chi connectivity index (χ1) is 18.4. The van der Waals surface area contributed by atoms with E-state index in [4.69, 9.17) is 4.74 Å². The molecule has 0 bridgehead atoms. The molecular formula is C30H40FN5O3. The van der Waals surface area contributed by atoms with Crippen LogP contribution in [0, 0.1) is 17.7 Å². The van der Waals surface area contributed by atoms with Gasteiger partial charge in [-0.05, 0) is 76.8 Å². The van der Waals surface area contributed by atoms with Crippen LogP contribution in [0.15, 0.2) is 36.5 Å². The van der Waals surface area contributed by atoms with Crippen molar-refractivity contribution in [3.8, 4) is 0 Å². The lowest BCUT2D eigenvalue weighted by Crippen LogP contribution is -2.55. The number of hydrogen-bond donors (Lipinski definition) is 1. The highest BCUT2D eigenvalue weighted by molar-refractivity contribution is 5.94. The molecule has 1 N–H and O–H groups in total. The fourth-order valence-corrected chi connectivity index (χ4v) is 6.15. The number of fused-ring (bicyclic) bond motifs is 1. The van der Waals surface area contributed by atoms with Crippen molar-refractivity contribution in [2.45, 2.75) is 78.1 Å². The minimum atomic E-state index is -0.536. The number of amides is 2. The maximum Gasteiger partial charge on any atom is 0.410 e. The first kappa shape index (κ1) is 27.2. The summed E-state index contributed by atoms with van der Waals surface area (Å²) in [7, 11) is 0. The Morgan fingerprint density at radius 3 is 2.44 bits per heavy atom. The van der Waals surface area contributed by atoms with Crippen LogP contribution >= 0.6 is 0 Å². The predicted octanol–water partition coefficient (Wildman–Crippen LogP) is 5.60. The van der Waals surface area contributed by atoms with Crippen LogP contribution in [0.1, 0.15) is 66.0 Å². The first-order valence-corrected chi connectivity index (χ1v) is 14.0. The Bertz CT molecular complexity index is 1230. The number of piperazine rings is 1. The average Bonchev–Trinajstić information content (AvgIpc) is 3.70. The molecule has 39 heavy (non-hydrogen) atoms. The molecule has 1 aromatic carbocycles. The van der Waals surface area contributed by atoms with Crippen LogP contribution in [0.4, 0.5) is 26.4 Å². The second-order valence-electron chi connectivity index (χ2n) is 12.3. The molecule has 1 saturated carbocycles. The number of ether oxygens (including phenoxy) is 1. The number of carbonyl (C=O) groups excluding carboxylic acids is 2. The van der Waals surface area contributed by atoms with Gasteiger partial charge in [-0.15, -0.1) is 0 Å². The maximum atomic E-state index is 13.6. The van der Waals surface area contributed by atoms with Gasteiger partial charge in [0, 0.05) is 61.5 Å². The van der Waals surface area contributed by atoms with Gasteiger partial charge in [0.2, 0.25) is 5.91 Å². The van der Waals surface area contributed by atoms with Gasteiger partial charge in [0.25, 0.3) is 0 Å². The molecule has 0 radical (unpaired) electrons. The van der Waals surface area contributed by atoms with E-state index >= 15 is 0 Å². The molecule has 0 spiro atoms. The number of rotatable bonds is 4. The first-order valence-electron chi connectivity index (χ1n) is 14.0. The van der Waals surface area contributed by atoms with Crippen LogP contribution in [0.25, 0.3) is 0 Å². The lowest BCUT2D eigenvalue weighted by Gasteiger charge is -2.46. The Hall–Kier alpha value is -3.36. The molecule has 2 amide bonds. The van der Waals surface area contributed by atoms with Gasteiger partial charge in [0.05, 0.1) is 12.2 Å². The molecule has 1 aliphatic carbocycles. The highest BCUT2D eigenvalue weighted by atomic mass is 19.1. The summed E-state index contributed by atoms with van der Waals surface area (Å²) in [6, 6.07) is 9.35. The summed E-state index contributed by atoms with van der Waals surface area (Å²) in [4.78, 5) is 36.0. The van der Waals surface area contributed by atoms with E-state index in [1.165, 1.54) is 12.3 Å². The lowest BCUT2D eigenvalue weighted by molar-refractivity contribution is -0.117. The van der Waals surface area contributed by atoms with E-state index < -0.39 is 5.60 Å². The summed E-state index contributed by atoms with van der Waals surface area (Å²) < 4.78 is 19.2. The highest BCUT2D eigenvalue weighted by Crippen LogP contribution is 2.50. The smallest absolute Gasteiger partial charge is 0.410 e. The van der Waals surface area contributed by atoms with E-state index in [0.29, 0.717) is 31.4 Å². The topological polar surface area (TPSA) is 78.0 Å². The van der Waals surface area contributed by atoms with E-state index in [0.717, 1.165) is 29.8 Å². The molecule has 3 aliphatic rings. The van der Waals surface area contributed by atoms with Crippen LogP contribution in [0.3, 0.4) is 0 Å². The van der Waals surface area contributed by atoms with Crippen molar-refractivity contribution in [1.29, 1.82) is 0 Å². The van der Waals surface area contributed by atoms with Crippen molar-refractivity contribution in [3.63, 3.8) is 0 Å². The largest absolute Gasteiger partial charge is 0.444 e. The van der Waals surface area contributed by atoms with Gasteiger partial charge in [-0.3, -0.25) is 4.79 Å². The highest BCUT2D eigenvalue weighted by Gasteiger charge is 2.47. The standard InChI is InChI=1S/C30H40FN5O3/c1-18-17-34(13-14-35(18)29(38)39-30(4,5)6)23-10-11-25-24(15-23)27(33-26-12-9-22(31)16-32-26)19(2)28(21-7-8-21)36(25)20(3)37/h9-12,15-16,18-19,21,27-28H,7-8,13-14,17H2,1-6H3,(H,32,33)/t18-,19+,27+,28+/m0/s1. The van der Waals surface area contributed by atoms with Crippen molar-refractivity contribution in [1.82, 2.24) is 9.88 Å². The number of aromatic nitrogens is 1. The van der Waals surface area contributed by atoms with E-state index in [2.05, 4.69) is 40.3 Å². The molecule has 1 aromatic heterocycles. The number of anilines is 3. The van der Waals surface area contributed by atoms with E-state index in [-0.39, 0.29) is 41.9 Å². The summed E-state index contributed by atoms with van der Waals surface area (Å²) in [5.41, 5.74) is 2.46. The Labute approximate surface area is 230 Å². The van der Waals surface area contributed by atoms with Gasteiger partial charge in [0.15, 0.2) is 0 Å². The predicted molar refractivity (Wildman–Crippen MR) is 150 cm³/mol. The fourth-order valence-electron chi connectivity index (χ4n) is 6.15. The molecule has 9 heteroatoms. The van der Waals surface area contributed by atoms with Gasteiger partial charge < -0.3 is 24.8 Å². The molecule has 2 aromatic rings. The normalized spacial score (nSPS) is 25.3. The van der Waals surface area contributed by atoms with E-state index in [1.807, 2.05) is 32.6 Å². The van der Waals surface area contributed by atoms with Crippen LogP contribution in [-0.2, 0) is 9.53 Å². The summed E-state index contributed by atoms with van der Waals surface area (Å²) in [5, 5.41) is 3.57. The quantitative estimate of drug-likeness (QED) is 0.547. The minimum Gasteiger partial charge on any atom is -0.444 e. The Morgan fingerprint density at radius 2 is 1.85 bits per heavy atom. The lowest BCUT2D eigenvalue weighted by atomic mass is 9.79. The Kier molecular flexibility index (Phi) is 7.20. The molecule has 5 rings (SSSR count). The molecule has 1 saturated heterocycles. The van der Waals surface area contributed by atoms with Crippen LogP contribution in [0.5, 0.6) is 0 Å². The van der Waals surface area contributed by atoms with Crippen LogP contribution in [0.2, 0.25) is 0 Å². The SMILES string of the molecule is CC(=O)N1c2ccc(N3CCN(C(=O)OC(C)(C)C)[C@@H](C)C3)cc2[C@H](Nc2ccc(F)cn2)[C@@H](C)[C@@H]1C1CC1. The molecule has 2 fully saturated rings. The number of pyridine rings is 1. The average molecular weight is 538 g/mol. The molecule has 3 heterocycles. The second kappa shape index (κ2) is 10.3. The molecule has 2 aliphatic heterocycles. The number of hydrogen-bond acceptors (Lipinski definition) is 6. The van der Waals surface area contributed by atoms with Gasteiger partial charge >= 0.3 is 6.09 Å². The van der Waals surface area contributed by atoms with Crippen LogP contribution in [-0.4, -0.2) is 59.2 Å². The maximum absolute atomic E-state index is 13.6. The molecule has 8 nitrogen and oxygen atoms in total. The third-order valence-corrected chi connectivity index (χ3v) is 8.06. The van der Waals surface area contributed by atoms with Crippen molar-refractivity contribution >= 4 is 29.2 Å². The number of benzene rings is 1. The van der Waals surface area contributed by atoms with Gasteiger partial charge in [-0.25, -0.2) is 14.2 Å². The molecular weight excluding hydrogens is 497 g/mol. The zero-order chi connectivity index (χ0) is 28.1.